The Morgan fingerprint density at radius 3 is 2.52 bits per heavy atom. The molecule has 1 fully saturated rings. The number of sulfonamides is 1. The third-order valence-electron chi connectivity index (χ3n) is 3.92. The SMILES string of the molecule is O=C(/C=C/c1cccs1)N1CCN(S(=O)(=O)c2cccc(Cl)c2)CC1. The Hall–Kier alpha value is -1.67. The molecule has 5 nitrogen and oxygen atoms in total. The van der Waals surface area contributed by atoms with Gasteiger partial charge in [-0.3, -0.25) is 4.79 Å². The topological polar surface area (TPSA) is 57.7 Å². The van der Waals surface area contributed by atoms with Crippen LogP contribution in [0.2, 0.25) is 5.02 Å². The molecule has 2 heterocycles. The van der Waals surface area contributed by atoms with Crippen molar-refractivity contribution in [2.45, 2.75) is 4.90 Å². The minimum atomic E-state index is -3.59. The van der Waals surface area contributed by atoms with Crippen LogP contribution in [0, 0.1) is 0 Å². The molecular weight excluding hydrogens is 380 g/mol. The fourth-order valence-electron chi connectivity index (χ4n) is 2.57. The van der Waals surface area contributed by atoms with Crippen molar-refractivity contribution in [2.75, 3.05) is 26.2 Å². The molecule has 1 aliphatic rings. The van der Waals surface area contributed by atoms with Gasteiger partial charge in [-0.1, -0.05) is 23.7 Å². The van der Waals surface area contributed by atoms with E-state index in [0.29, 0.717) is 18.1 Å². The van der Waals surface area contributed by atoms with E-state index in [4.69, 9.17) is 11.6 Å². The van der Waals surface area contributed by atoms with Crippen LogP contribution in [0.4, 0.5) is 0 Å². The number of nitrogens with zero attached hydrogens (tertiary/aromatic N) is 2. The highest BCUT2D eigenvalue weighted by Crippen LogP contribution is 2.21. The Labute approximate surface area is 156 Å². The van der Waals surface area contributed by atoms with Crippen LogP contribution in [-0.2, 0) is 14.8 Å². The number of hydrogen-bond donors (Lipinski definition) is 0. The molecule has 0 bridgehead atoms. The molecule has 0 saturated carbocycles. The Morgan fingerprint density at radius 2 is 1.88 bits per heavy atom. The lowest BCUT2D eigenvalue weighted by atomic mass is 10.3. The average molecular weight is 397 g/mol. The Bertz CT molecular complexity index is 871. The Balaban J connectivity index is 1.62. The summed E-state index contributed by atoms with van der Waals surface area (Å²) >= 11 is 7.45. The summed E-state index contributed by atoms with van der Waals surface area (Å²) in [5.74, 6) is -0.104. The Morgan fingerprint density at radius 1 is 1.12 bits per heavy atom. The maximum Gasteiger partial charge on any atom is 0.246 e. The molecule has 2 aromatic rings. The molecule has 0 radical (unpaired) electrons. The summed E-state index contributed by atoms with van der Waals surface area (Å²) in [4.78, 5) is 15.1. The number of amides is 1. The zero-order valence-electron chi connectivity index (χ0n) is 13.3. The first kappa shape index (κ1) is 18.1. The van der Waals surface area contributed by atoms with Gasteiger partial charge >= 0.3 is 0 Å². The van der Waals surface area contributed by atoms with Gasteiger partial charge in [-0.2, -0.15) is 4.31 Å². The molecular formula is C17H17ClN2O3S2. The minimum Gasteiger partial charge on any atom is -0.337 e. The summed E-state index contributed by atoms with van der Waals surface area (Å²) < 4.78 is 26.7. The molecule has 3 rings (SSSR count). The van der Waals surface area contributed by atoms with Crippen LogP contribution in [0.15, 0.2) is 52.7 Å². The first-order valence-electron chi connectivity index (χ1n) is 7.73. The number of hydrogen-bond acceptors (Lipinski definition) is 4. The van der Waals surface area contributed by atoms with Crippen molar-refractivity contribution in [1.29, 1.82) is 0 Å². The van der Waals surface area contributed by atoms with Crippen LogP contribution in [0.25, 0.3) is 6.08 Å². The average Bonchev–Trinajstić information content (AvgIpc) is 3.13. The van der Waals surface area contributed by atoms with E-state index in [-0.39, 0.29) is 23.9 Å². The molecule has 1 aromatic carbocycles. The summed E-state index contributed by atoms with van der Waals surface area (Å²) in [7, 11) is -3.59. The third-order valence-corrected chi connectivity index (χ3v) is 6.88. The lowest BCUT2D eigenvalue weighted by molar-refractivity contribution is -0.127. The summed E-state index contributed by atoms with van der Waals surface area (Å²) in [6.45, 7) is 1.28. The molecule has 1 aliphatic heterocycles. The number of rotatable bonds is 4. The first-order valence-corrected chi connectivity index (χ1v) is 10.4. The number of piperazine rings is 1. The first-order chi connectivity index (χ1) is 12.0. The molecule has 0 N–H and O–H groups in total. The van der Waals surface area contributed by atoms with Crippen LogP contribution >= 0.6 is 22.9 Å². The zero-order valence-corrected chi connectivity index (χ0v) is 15.7. The van der Waals surface area contributed by atoms with Gasteiger partial charge in [-0.25, -0.2) is 8.42 Å². The van der Waals surface area contributed by atoms with E-state index in [1.807, 2.05) is 17.5 Å². The van der Waals surface area contributed by atoms with Crippen molar-refractivity contribution < 1.29 is 13.2 Å². The van der Waals surface area contributed by atoms with E-state index in [1.54, 1.807) is 34.4 Å². The fraction of sp³-hybridized carbons (Fsp3) is 0.235. The van der Waals surface area contributed by atoms with Crippen molar-refractivity contribution in [1.82, 2.24) is 9.21 Å². The maximum atomic E-state index is 12.6. The zero-order chi connectivity index (χ0) is 17.9. The number of halogens is 1. The Kier molecular flexibility index (Phi) is 5.58. The van der Waals surface area contributed by atoms with Crippen molar-refractivity contribution in [3.63, 3.8) is 0 Å². The highest BCUT2D eigenvalue weighted by atomic mass is 35.5. The highest BCUT2D eigenvalue weighted by molar-refractivity contribution is 7.89. The van der Waals surface area contributed by atoms with E-state index < -0.39 is 10.0 Å². The summed E-state index contributed by atoms with van der Waals surface area (Å²) in [6, 6.07) is 10.1. The highest BCUT2D eigenvalue weighted by Gasteiger charge is 2.29. The molecule has 0 spiro atoms. The second-order valence-electron chi connectivity index (χ2n) is 5.54. The normalized spacial score (nSPS) is 16.4. The van der Waals surface area contributed by atoms with Crippen LogP contribution in [0.3, 0.4) is 0 Å². The van der Waals surface area contributed by atoms with Gasteiger partial charge in [0.2, 0.25) is 15.9 Å². The number of carbonyl (C=O) groups is 1. The summed E-state index contributed by atoms with van der Waals surface area (Å²) in [5, 5.41) is 2.33. The number of carbonyl (C=O) groups excluding carboxylic acids is 1. The molecule has 0 atom stereocenters. The van der Waals surface area contributed by atoms with Gasteiger partial charge in [0, 0.05) is 42.2 Å². The van der Waals surface area contributed by atoms with E-state index in [9.17, 15) is 13.2 Å². The monoisotopic (exact) mass is 396 g/mol. The van der Waals surface area contributed by atoms with E-state index in [1.165, 1.54) is 22.5 Å². The third kappa shape index (κ3) is 4.30. The van der Waals surface area contributed by atoms with E-state index >= 15 is 0 Å². The molecule has 1 amide bonds. The molecule has 132 valence electrons. The van der Waals surface area contributed by atoms with Gasteiger partial charge in [0.25, 0.3) is 0 Å². The van der Waals surface area contributed by atoms with Gasteiger partial charge < -0.3 is 4.90 Å². The van der Waals surface area contributed by atoms with E-state index in [0.717, 1.165) is 4.88 Å². The van der Waals surface area contributed by atoms with Crippen molar-refractivity contribution in [2.24, 2.45) is 0 Å². The number of benzene rings is 1. The van der Waals surface area contributed by atoms with Crippen molar-refractivity contribution in [3.8, 4) is 0 Å². The van der Waals surface area contributed by atoms with Gasteiger partial charge in [0.1, 0.15) is 0 Å². The minimum absolute atomic E-state index is 0.104. The predicted octanol–water partition coefficient (Wildman–Crippen LogP) is 2.95. The largest absolute Gasteiger partial charge is 0.337 e. The van der Waals surface area contributed by atoms with Crippen molar-refractivity contribution in [3.05, 3.63) is 57.8 Å². The molecule has 8 heteroatoms. The van der Waals surface area contributed by atoms with Gasteiger partial charge in [0.05, 0.1) is 4.90 Å². The maximum absolute atomic E-state index is 12.6. The molecule has 1 saturated heterocycles. The number of thiophene rings is 1. The van der Waals surface area contributed by atoms with E-state index in [2.05, 4.69) is 0 Å². The standard InChI is InChI=1S/C17H17ClN2O3S2/c18-14-3-1-5-16(13-14)25(22,23)20-10-8-19(9-11-20)17(21)7-6-15-4-2-12-24-15/h1-7,12-13H,8-11H2/b7-6+. The lowest BCUT2D eigenvalue weighted by Gasteiger charge is -2.33. The predicted molar refractivity (Wildman–Crippen MR) is 100 cm³/mol. The van der Waals surface area contributed by atoms with Gasteiger partial charge in [-0.05, 0) is 35.7 Å². The van der Waals surface area contributed by atoms with Gasteiger partial charge in [-0.15, -0.1) is 11.3 Å². The molecule has 25 heavy (non-hydrogen) atoms. The lowest BCUT2D eigenvalue weighted by Crippen LogP contribution is -2.50. The molecule has 1 aromatic heterocycles. The van der Waals surface area contributed by atoms with Crippen LogP contribution < -0.4 is 0 Å². The van der Waals surface area contributed by atoms with Crippen LogP contribution in [0.5, 0.6) is 0 Å². The fourth-order valence-corrected chi connectivity index (χ4v) is 4.91. The van der Waals surface area contributed by atoms with Crippen LogP contribution in [0.1, 0.15) is 4.88 Å². The van der Waals surface area contributed by atoms with Crippen molar-refractivity contribution >= 4 is 44.9 Å². The molecule has 0 unspecified atom stereocenters. The summed E-state index contributed by atoms with van der Waals surface area (Å²) in [6.07, 6.45) is 3.31. The second-order valence-corrected chi connectivity index (χ2v) is 8.89. The molecule has 0 aliphatic carbocycles. The second kappa shape index (κ2) is 7.70. The smallest absolute Gasteiger partial charge is 0.246 e. The quantitative estimate of drug-likeness (QED) is 0.746. The van der Waals surface area contributed by atoms with Crippen LogP contribution in [-0.4, -0.2) is 49.7 Å². The summed E-state index contributed by atoms with van der Waals surface area (Å²) in [5.41, 5.74) is 0. The van der Waals surface area contributed by atoms with Gasteiger partial charge in [0.15, 0.2) is 0 Å².